The lowest BCUT2D eigenvalue weighted by Crippen LogP contribution is -2.20. The van der Waals surface area contributed by atoms with Gasteiger partial charge in [0.2, 0.25) is 5.91 Å². The van der Waals surface area contributed by atoms with Gasteiger partial charge in [-0.1, -0.05) is 6.42 Å². The van der Waals surface area contributed by atoms with E-state index < -0.39 is 0 Å². The predicted molar refractivity (Wildman–Crippen MR) is 91.3 cm³/mol. The molecular formula is C16H22N4O3S. The molecule has 2 rings (SSSR count). The van der Waals surface area contributed by atoms with E-state index in [1.807, 2.05) is 18.6 Å². The zero-order chi connectivity index (χ0) is 17.4. The molecule has 2 heterocycles. The smallest absolute Gasteiger partial charge is 0.306 e. The van der Waals surface area contributed by atoms with E-state index in [0.717, 1.165) is 35.5 Å². The van der Waals surface area contributed by atoms with Crippen LogP contribution in [0, 0.1) is 0 Å². The van der Waals surface area contributed by atoms with Gasteiger partial charge in [-0.15, -0.1) is 11.3 Å². The lowest BCUT2D eigenvalue weighted by atomic mass is 10.2. The molecule has 0 aliphatic carbocycles. The van der Waals surface area contributed by atoms with E-state index in [1.54, 1.807) is 10.9 Å². The van der Waals surface area contributed by atoms with Crippen LogP contribution in [0.5, 0.6) is 0 Å². The second kappa shape index (κ2) is 9.17. The standard InChI is InChI=1S/C16H22N4O3S/c1-12(21)17-7-5-3-4-6-15(22)23-10-14-11-24-16(19-14)13-8-18-20(2)9-13/h8-9,11H,3-7,10H2,1-2H3,(H,17,21). The minimum Gasteiger partial charge on any atom is -0.459 e. The van der Waals surface area contributed by atoms with Crippen LogP contribution < -0.4 is 5.32 Å². The Morgan fingerprint density at radius 1 is 1.33 bits per heavy atom. The van der Waals surface area contributed by atoms with Crippen molar-refractivity contribution in [3.63, 3.8) is 0 Å². The average Bonchev–Trinajstić information content (AvgIpc) is 3.17. The number of esters is 1. The van der Waals surface area contributed by atoms with Crippen molar-refractivity contribution in [3.05, 3.63) is 23.5 Å². The number of hydrogen-bond donors (Lipinski definition) is 1. The van der Waals surface area contributed by atoms with Gasteiger partial charge in [-0.05, 0) is 12.8 Å². The Kier molecular flexibility index (Phi) is 6.92. The summed E-state index contributed by atoms with van der Waals surface area (Å²) in [6.07, 6.45) is 6.56. The molecule has 1 N–H and O–H groups in total. The zero-order valence-electron chi connectivity index (χ0n) is 13.9. The molecular weight excluding hydrogens is 328 g/mol. The summed E-state index contributed by atoms with van der Waals surface area (Å²) in [5, 5.41) is 9.60. The maximum absolute atomic E-state index is 11.7. The van der Waals surface area contributed by atoms with Crippen LogP contribution in [0.3, 0.4) is 0 Å². The van der Waals surface area contributed by atoms with Gasteiger partial charge in [0.05, 0.1) is 11.9 Å². The van der Waals surface area contributed by atoms with Crippen molar-refractivity contribution in [3.8, 4) is 10.6 Å². The van der Waals surface area contributed by atoms with Crippen LogP contribution in [0.2, 0.25) is 0 Å². The first-order valence-electron chi connectivity index (χ1n) is 7.88. The van der Waals surface area contributed by atoms with Crippen LogP contribution in [-0.4, -0.2) is 33.2 Å². The number of ether oxygens (including phenoxy) is 1. The summed E-state index contributed by atoms with van der Waals surface area (Å²) < 4.78 is 6.97. The molecule has 24 heavy (non-hydrogen) atoms. The van der Waals surface area contributed by atoms with Crippen LogP contribution in [0.25, 0.3) is 10.6 Å². The molecule has 0 unspecified atom stereocenters. The fourth-order valence-corrected chi connectivity index (χ4v) is 2.88. The van der Waals surface area contributed by atoms with Crippen molar-refractivity contribution in [1.29, 1.82) is 0 Å². The third kappa shape index (κ3) is 6.11. The number of carbonyl (C=O) groups is 2. The van der Waals surface area contributed by atoms with Crippen molar-refractivity contribution in [2.75, 3.05) is 6.54 Å². The van der Waals surface area contributed by atoms with Crippen LogP contribution in [0.1, 0.15) is 38.3 Å². The van der Waals surface area contributed by atoms with Crippen LogP contribution >= 0.6 is 11.3 Å². The molecule has 130 valence electrons. The highest BCUT2D eigenvalue weighted by molar-refractivity contribution is 7.13. The highest BCUT2D eigenvalue weighted by atomic mass is 32.1. The SMILES string of the molecule is CC(=O)NCCCCCC(=O)OCc1csc(-c2cnn(C)c2)n1. The maximum Gasteiger partial charge on any atom is 0.306 e. The van der Waals surface area contributed by atoms with Crippen molar-refractivity contribution in [1.82, 2.24) is 20.1 Å². The zero-order valence-corrected chi connectivity index (χ0v) is 14.8. The molecule has 0 atom stereocenters. The van der Waals surface area contributed by atoms with Gasteiger partial charge in [-0.25, -0.2) is 4.98 Å². The summed E-state index contributed by atoms with van der Waals surface area (Å²) in [7, 11) is 1.86. The van der Waals surface area contributed by atoms with Crippen molar-refractivity contribution in [2.45, 2.75) is 39.2 Å². The highest BCUT2D eigenvalue weighted by Gasteiger charge is 2.09. The van der Waals surface area contributed by atoms with E-state index in [2.05, 4.69) is 15.4 Å². The Labute approximate surface area is 145 Å². The number of hydrogen-bond acceptors (Lipinski definition) is 6. The van der Waals surface area contributed by atoms with Gasteiger partial charge in [0.1, 0.15) is 11.6 Å². The minimum atomic E-state index is -0.217. The average molecular weight is 350 g/mol. The van der Waals surface area contributed by atoms with Crippen molar-refractivity contribution < 1.29 is 14.3 Å². The molecule has 0 aliphatic rings. The van der Waals surface area contributed by atoms with Gasteiger partial charge in [0.15, 0.2) is 0 Å². The summed E-state index contributed by atoms with van der Waals surface area (Å²) in [6.45, 7) is 2.34. The first kappa shape index (κ1) is 18.1. The van der Waals surface area contributed by atoms with E-state index in [1.165, 1.54) is 18.3 Å². The van der Waals surface area contributed by atoms with Gasteiger partial charge in [-0.2, -0.15) is 5.10 Å². The molecule has 2 aromatic rings. The number of nitrogens with zero attached hydrogens (tertiary/aromatic N) is 3. The topological polar surface area (TPSA) is 86.1 Å². The molecule has 0 fully saturated rings. The normalized spacial score (nSPS) is 10.6. The molecule has 0 saturated carbocycles. The van der Waals surface area contributed by atoms with Gasteiger partial charge in [-0.3, -0.25) is 14.3 Å². The molecule has 8 heteroatoms. The summed E-state index contributed by atoms with van der Waals surface area (Å²) in [5.41, 5.74) is 1.71. The Hall–Kier alpha value is -2.22. The number of thiazole rings is 1. The second-order valence-electron chi connectivity index (χ2n) is 5.50. The maximum atomic E-state index is 11.7. The van der Waals surface area contributed by atoms with Crippen molar-refractivity contribution >= 4 is 23.2 Å². The molecule has 0 aliphatic heterocycles. The molecule has 2 aromatic heterocycles. The van der Waals surface area contributed by atoms with E-state index in [0.29, 0.717) is 13.0 Å². The van der Waals surface area contributed by atoms with E-state index in [4.69, 9.17) is 4.74 Å². The Balaban J connectivity index is 1.63. The Morgan fingerprint density at radius 2 is 2.17 bits per heavy atom. The Bertz CT molecular complexity index is 680. The number of nitrogens with one attached hydrogen (secondary N) is 1. The second-order valence-corrected chi connectivity index (χ2v) is 6.36. The van der Waals surface area contributed by atoms with Gasteiger partial charge in [0.25, 0.3) is 0 Å². The minimum absolute atomic E-state index is 0.0247. The highest BCUT2D eigenvalue weighted by Crippen LogP contribution is 2.23. The molecule has 0 aromatic carbocycles. The van der Waals surface area contributed by atoms with E-state index >= 15 is 0 Å². The third-order valence-corrected chi connectivity index (χ3v) is 4.26. The summed E-state index contributed by atoms with van der Waals surface area (Å²) >= 11 is 1.51. The lowest BCUT2D eigenvalue weighted by Gasteiger charge is -2.03. The van der Waals surface area contributed by atoms with Crippen LogP contribution in [0.4, 0.5) is 0 Å². The number of aryl methyl sites for hydroxylation is 1. The fourth-order valence-electron chi connectivity index (χ4n) is 2.10. The van der Waals surface area contributed by atoms with E-state index in [9.17, 15) is 9.59 Å². The monoisotopic (exact) mass is 350 g/mol. The molecule has 0 spiro atoms. The first-order valence-corrected chi connectivity index (χ1v) is 8.76. The first-order chi connectivity index (χ1) is 11.5. The lowest BCUT2D eigenvalue weighted by molar-refractivity contribution is -0.145. The summed E-state index contributed by atoms with van der Waals surface area (Å²) in [5.74, 6) is -0.242. The molecule has 0 bridgehead atoms. The van der Waals surface area contributed by atoms with Crippen molar-refractivity contribution in [2.24, 2.45) is 7.05 Å². The van der Waals surface area contributed by atoms with Gasteiger partial charge < -0.3 is 10.1 Å². The number of carbonyl (C=O) groups excluding carboxylic acids is 2. The molecule has 7 nitrogen and oxygen atoms in total. The largest absolute Gasteiger partial charge is 0.459 e. The molecule has 1 amide bonds. The van der Waals surface area contributed by atoms with Crippen LogP contribution in [-0.2, 0) is 28.0 Å². The predicted octanol–water partition coefficient (Wildman–Crippen LogP) is 2.28. The summed E-state index contributed by atoms with van der Waals surface area (Å²) in [6, 6.07) is 0. The molecule has 0 radical (unpaired) electrons. The van der Waals surface area contributed by atoms with Gasteiger partial charge >= 0.3 is 5.97 Å². The number of rotatable bonds is 9. The van der Waals surface area contributed by atoms with Gasteiger partial charge in [0, 0.05) is 44.1 Å². The summed E-state index contributed by atoms with van der Waals surface area (Å²) in [4.78, 5) is 26.9. The number of aromatic nitrogens is 3. The van der Waals surface area contributed by atoms with Crippen LogP contribution in [0.15, 0.2) is 17.8 Å². The fraction of sp³-hybridized carbons (Fsp3) is 0.500. The van der Waals surface area contributed by atoms with E-state index in [-0.39, 0.29) is 18.5 Å². The third-order valence-electron chi connectivity index (χ3n) is 3.32. The number of unbranched alkanes of at least 4 members (excludes halogenated alkanes) is 2. The molecule has 0 saturated heterocycles. The quantitative estimate of drug-likeness (QED) is 0.554. The number of amides is 1. The Morgan fingerprint density at radius 3 is 2.88 bits per heavy atom.